The third-order valence-electron chi connectivity index (χ3n) is 3.11. The first-order valence-corrected chi connectivity index (χ1v) is 5.89. The smallest absolute Gasteiger partial charge is 0.306 e. The molecule has 0 rings (SSSR count). The third-order valence-corrected chi connectivity index (χ3v) is 3.11. The Kier molecular flexibility index (Phi) is 13.8. The predicted molar refractivity (Wildman–Crippen MR) is 70.6 cm³/mol. The quantitative estimate of drug-likeness (QED) is 0.719. The molecule has 0 aromatic carbocycles. The summed E-state index contributed by atoms with van der Waals surface area (Å²) >= 11 is 0. The summed E-state index contributed by atoms with van der Waals surface area (Å²) in [6.07, 6.45) is 0. The fourth-order valence-corrected chi connectivity index (χ4v) is 0.882. The molecular weight excluding hydrogens is 357 g/mol. The Bertz CT molecular complexity index is 316. The maximum Gasteiger partial charge on any atom is 0.306 e. The molecule has 119 valence electrons. The second-order valence-corrected chi connectivity index (χ2v) is 4.56. The molecule has 0 aliphatic heterocycles. The van der Waals surface area contributed by atoms with Gasteiger partial charge in [0.05, 0.1) is 23.7 Å². The van der Waals surface area contributed by atoms with E-state index in [1.165, 1.54) is 27.7 Å². The number of carbonyl (C=O) groups is 4. The molecule has 9 heteroatoms. The van der Waals surface area contributed by atoms with Crippen LogP contribution in [-0.2, 0) is 51.9 Å². The van der Waals surface area contributed by atoms with Crippen molar-refractivity contribution in [2.24, 2.45) is 23.7 Å². The number of nitrogens with one attached hydrogen (secondary N) is 2. The van der Waals surface area contributed by atoms with Crippen LogP contribution in [0.3, 0.4) is 0 Å². The van der Waals surface area contributed by atoms with Gasteiger partial charge in [-0.25, -0.2) is 0 Å². The van der Waals surface area contributed by atoms with Crippen LogP contribution in [0.2, 0.25) is 0 Å². The van der Waals surface area contributed by atoms with E-state index in [1.54, 1.807) is 0 Å². The summed E-state index contributed by atoms with van der Waals surface area (Å²) in [4.78, 5) is 41.0. The summed E-state index contributed by atoms with van der Waals surface area (Å²) in [5, 5.41) is 16.7. The number of aliphatic carboxylic acids is 2. The van der Waals surface area contributed by atoms with Crippen molar-refractivity contribution in [1.82, 2.24) is 0 Å². The van der Waals surface area contributed by atoms with Gasteiger partial charge < -0.3 is 31.3 Å². The molecule has 0 aromatic rings. The van der Waals surface area contributed by atoms with Crippen molar-refractivity contribution in [3.05, 3.63) is 11.5 Å². The zero-order valence-electron chi connectivity index (χ0n) is 12.4. The number of carbonyl (C=O) groups excluding carboxylic acids is 2. The van der Waals surface area contributed by atoms with E-state index in [1.807, 2.05) is 0 Å². The molecule has 0 aliphatic rings. The fourth-order valence-electron chi connectivity index (χ4n) is 0.882. The first kappa shape index (κ1) is 25.0. The Hall–Kier alpha value is -1.02. The molecule has 4 unspecified atom stereocenters. The number of hydrogen-bond acceptors (Lipinski definition) is 4. The minimum atomic E-state index is -1.03. The standard InChI is InChI=1S/2C6H11NO3.Y/c2*1-3(5(7)8)4(2)6(9)10;/h2*3-4H,1-2H3,(H3,7,8,9,10);/p-2. The van der Waals surface area contributed by atoms with Gasteiger partial charge in [0.1, 0.15) is 0 Å². The van der Waals surface area contributed by atoms with E-state index in [-0.39, 0.29) is 32.7 Å². The summed E-state index contributed by atoms with van der Waals surface area (Å²) in [5.74, 6) is -6.66. The molecule has 0 aliphatic carbocycles. The zero-order chi connectivity index (χ0) is 16.6. The molecule has 1 radical (unpaired) electrons. The Balaban J connectivity index is -0.000000295. The molecule has 0 aromatic heterocycles. The van der Waals surface area contributed by atoms with Crippen LogP contribution in [0.15, 0.2) is 0 Å². The van der Waals surface area contributed by atoms with Crippen LogP contribution in [0, 0.1) is 23.7 Å². The molecular formula is C12H20N2O6Y-2. The van der Waals surface area contributed by atoms with Crippen LogP contribution < -0.4 is 0 Å². The van der Waals surface area contributed by atoms with E-state index in [9.17, 15) is 19.2 Å². The van der Waals surface area contributed by atoms with E-state index in [4.69, 9.17) is 21.7 Å². The molecule has 0 spiro atoms. The summed E-state index contributed by atoms with van der Waals surface area (Å²) in [6, 6.07) is 0. The van der Waals surface area contributed by atoms with Gasteiger partial charge in [0.25, 0.3) is 0 Å². The van der Waals surface area contributed by atoms with Crippen molar-refractivity contribution in [3.63, 3.8) is 0 Å². The minimum Gasteiger partial charge on any atom is -0.668 e. The van der Waals surface area contributed by atoms with E-state index < -0.39 is 47.4 Å². The molecule has 0 saturated carbocycles. The molecule has 0 saturated heterocycles. The number of carboxylic acids is 2. The molecule has 0 bridgehead atoms. The number of hydrogen-bond donors (Lipinski definition) is 2. The fraction of sp³-hybridized carbons (Fsp3) is 0.667. The Labute approximate surface area is 148 Å². The monoisotopic (exact) mass is 377 g/mol. The topological polar surface area (TPSA) is 156 Å². The molecule has 21 heavy (non-hydrogen) atoms. The average molecular weight is 377 g/mol. The van der Waals surface area contributed by atoms with E-state index in [0.29, 0.717) is 0 Å². The maximum absolute atomic E-state index is 10.3. The maximum atomic E-state index is 10.3. The van der Waals surface area contributed by atoms with Crippen LogP contribution >= 0.6 is 0 Å². The van der Waals surface area contributed by atoms with Crippen LogP contribution in [0.25, 0.3) is 11.5 Å². The van der Waals surface area contributed by atoms with Crippen LogP contribution in [-0.4, -0.2) is 34.0 Å². The van der Waals surface area contributed by atoms with Gasteiger partial charge in [-0.1, -0.05) is 27.7 Å². The van der Waals surface area contributed by atoms with Crippen molar-refractivity contribution >= 4 is 23.8 Å². The largest absolute Gasteiger partial charge is 0.668 e. The van der Waals surface area contributed by atoms with Gasteiger partial charge in [-0.2, -0.15) is 0 Å². The molecule has 4 atom stereocenters. The number of carboxylic acid groups (broad SMARTS) is 2. The normalized spacial score (nSPS) is 15.0. The van der Waals surface area contributed by atoms with Gasteiger partial charge in [0.2, 0.25) is 0 Å². The first-order chi connectivity index (χ1) is 8.93. The van der Waals surface area contributed by atoms with Crippen LogP contribution in [0.1, 0.15) is 27.7 Å². The van der Waals surface area contributed by atoms with Gasteiger partial charge in [0, 0.05) is 44.5 Å². The summed E-state index contributed by atoms with van der Waals surface area (Å²) in [7, 11) is 0. The Morgan fingerprint density at radius 3 is 0.905 bits per heavy atom. The molecule has 4 N–H and O–H groups in total. The van der Waals surface area contributed by atoms with Gasteiger partial charge in [-0.15, -0.1) is 0 Å². The minimum absolute atomic E-state index is 0. The molecule has 2 amide bonds. The van der Waals surface area contributed by atoms with E-state index in [0.717, 1.165) is 0 Å². The molecule has 0 fully saturated rings. The van der Waals surface area contributed by atoms with Crippen LogP contribution in [0.4, 0.5) is 0 Å². The predicted octanol–water partition coefficient (Wildman–Crippen LogP) is 1.84. The zero-order valence-corrected chi connectivity index (χ0v) is 15.3. The van der Waals surface area contributed by atoms with Crippen molar-refractivity contribution in [3.8, 4) is 0 Å². The molecule has 8 nitrogen and oxygen atoms in total. The van der Waals surface area contributed by atoms with Crippen molar-refractivity contribution in [1.29, 1.82) is 0 Å². The van der Waals surface area contributed by atoms with E-state index >= 15 is 0 Å². The Morgan fingerprint density at radius 2 is 0.857 bits per heavy atom. The van der Waals surface area contributed by atoms with Gasteiger partial charge in [-0.05, 0) is 0 Å². The van der Waals surface area contributed by atoms with E-state index in [2.05, 4.69) is 0 Å². The van der Waals surface area contributed by atoms with Gasteiger partial charge in [-0.3, -0.25) is 9.59 Å². The second kappa shape index (κ2) is 11.6. The summed E-state index contributed by atoms with van der Waals surface area (Å²) in [6.45, 7) is 5.71. The van der Waals surface area contributed by atoms with Crippen LogP contribution in [0.5, 0.6) is 0 Å². The Morgan fingerprint density at radius 1 is 0.667 bits per heavy atom. The average Bonchev–Trinajstić information content (AvgIpc) is 2.35. The second-order valence-electron chi connectivity index (χ2n) is 4.56. The van der Waals surface area contributed by atoms with Crippen molar-refractivity contribution < 1.29 is 62.1 Å². The van der Waals surface area contributed by atoms with Crippen molar-refractivity contribution in [2.75, 3.05) is 0 Å². The van der Waals surface area contributed by atoms with Gasteiger partial charge >= 0.3 is 11.9 Å². The third kappa shape index (κ3) is 10.4. The summed E-state index contributed by atoms with van der Waals surface area (Å²) < 4.78 is 0. The first-order valence-electron chi connectivity index (χ1n) is 5.89. The SMILES string of the molecule is CC(C([NH-])=O)C(C)C(=O)O.CC(C([NH-])=O)C(C)C(=O)O.[Y]. The molecule has 0 heterocycles. The number of rotatable bonds is 6. The van der Waals surface area contributed by atoms with Crippen molar-refractivity contribution in [2.45, 2.75) is 27.7 Å². The van der Waals surface area contributed by atoms with Gasteiger partial charge in [0.15, 0.2) is 0 Å². The summed E-state index contributed by atoms with van der Waals surface area (Å²) in [5.41, 5.74) is 13.2. The number of amides is 2.